The van der Waals surface area contributed by atoms with Crippen molar-refractivity contribution in [1.29, 1.82) is 0 Å². The number of aliphatic carboxylic acids is 1. The van der Waals surface area contributed by atoms with Gasteiger partial charge in [0, 0.05) is 11.6 Å². The SMILES string of the molecule is O=C(Nc1ccc(NC(=O)[C@H]2[C@H](C(=O)O)[C@@H]3C=C[C@H]2C3)cc1Cl)C1CCCCC1. The van der Waals surface area contributed by atoms with E-state index in [1.165, 1.54) is 6.42 Å². The first-order valence-electron chi connectivity index (χ1n) is 10.3. The number of anilines is 2. The number of allylic oxidation sites excluding steroid dienone is 2. The maximum absolute atomic E-state index is 12.8. The Bertz CT molecular complexity index is 862. The summed E-state index contributed by atoms with van der Waals surface area (Å²) in [5, 5.41) is 15.6. The van der Waals surface area contributed by atoms with Gasteiger partial charge in [-0.2, -0.15) is 0 Å². The molecule has 1 aromatic carbocycles. The van der Waals surface area contributed by atoms with Gasteiger partial charge in [-0.25, -0.2) is 0 Å². The van der Waals surface area contributed by atoms with E-state index < -0.39 is 17.8 Å². The standard InChI is InChI=1S/C22H25ClN2O4/c23-16-11-15(8-9-17(16)25-20(26)12-4-2-1-3-5-12)24-21(27)18-13-6-7-14(10-13)19(18)22(28)29/h6-9,11-14,18-19H,1-5,10H2,(H,24,27)(H,25,26)(H,28,29)/t13-,14+,18+,19+/m0/s1. The van der Waals surface area contributed by atoms with Gasteiger partial charge in [-0.1, -0.05) is 43.0 Å². The minimum Gasteiger partial charge on any atom is -0.481 e. The molecule has 2 fully saturated rings. The second-order valence-corrected chi connectivity index (χ2v) is 8.75. The third-order valence-electron chi connectivity index (χ3n) is 6.52. The Morgan fingerprint density at radius 1 is 0.931 bits per heavy atom. The maximum Gasteiger partial charge on any atom is 0.307 e. The second-order valence-electron chi connectivity index (χ2n) is 8.35. The quantitative estimate of drug-likeness (QED) is 0.623. The summed E-state index contributed by atoms with van der Waals surface area (Å²) in [6.45, 7) is 0. The van der Waals surface area contributed by atoms with Crippen LogP contribution in [0.15, 0.2) is 30.4 Å². The van der Waals surface area contributed by atoms with Gasteiger partial charge in [-0.3, -0.25) is 14.4 Å². The number of carbonyl (C=O) groups excluding carboxylic acids is 2. The van der Waals surface area contributed by atoms with Crippen LogP contribution in [0.2, 0.25) is 5.02 Å². The molecule has 1 aromatic rings. The van der Waals surface area contributed by atoms with E-state index in [4.69, 9.17) is 11.6 Å². The molecular weight excluding hydrogens is 392 g/mol. The zero-order chi connectivity index (χ0) is 20.5. The van der Waals surface area contributed by atoms with Crippen molar-refractivity contribution >= 4 is 40.8 Å². The highest BCUT2D eigenvalue weighted by molar-refractivity contribution is 6.34. The summed E-state index contributed by atoms with van der Waals surface area (Å²) in [4.78, 5) is 36.8. The normalized spacial score (nSPS) is 28.3. The fourth-order valence-corrected chi connectivity index (χ4v) is 5.26. The van der Waals surface area contributed by atoms with Gasteiger partial charge in [0.15, 0.2) is 0 Å². The van der Waals surface area contributed by atoms with Crippen molar-refractivity contribution in [1.82, 2.24) is 0 Å². The van der Waals surface area contributed by atoms with Crippen LogP contribution in [-0.2, 0) is 14.4 Å². The van der Waals surface area contributed by atoms with Crippen LogP contribution in [-0.4, -0.2) is 22.9 Å². The van der Waals surface area contributed by atoms with Crippen molar-refractivity contribution < 1.29 is 19.5 Å². The van der Waals surface area contributed by atoms with E-state index in [2.05, 4.69) is 10.6 Å². The predicted molar refractivity (Wildman–Crippen MR) is 111 cm³/mol. The molecule has 0 heterocycles. The molecule has 0 aliphatic heterocycles. The van der Waals surface area contributed by atoms with E-state index in [0.29, 0.717) is 22.8 Å². The summed E-state index contributed by atoms with van der Waals surface area (Å²) in [6.07, 6.45) is 9.71. The van der Waals surface area contributed by atoms with Crippen molar-refractivity contribution in [2.24, 2.45) is 29.6 Å². The number of carbonyl (C=O) groups is 3. The first kappa shape index (κ1) is 20.0. The van der Waals surface area contributed by atoms with Crippen LogP contribution in [0.4, 0.5) is 11.4 Å². The minimum absolute atomic E-state index is 0.0125. The Morgan fingerprint density at radius 2 is 1.62 bits per heavy atom. The van der Waals surface area contributed by atoms with Crippen LogP contribution in [0.3, 0.4) is 0 Å². The highest BCUT2D eigenvalue weighted by Gasteiger charge is 2.51. The third-order valence-corrected chi connectivity index (χ3v) is 6.83. The smallest absolute Gasteiger partial charge is 0.307 e. The number of hydrogen-bond acceptors (Lipinski definition) is 3. The number of halogens is 1. The van der Waals surface area contributed by atoms with Crippen molar-refractivity contribution in [3.05, 3.63) is 35.4 Å². The molecular formula is C22H25ClN2O4. The fraction of sp³-hybridized carbons (Fsp3) is 0.500. The largest absolute Gasteiger partial charge is 0.481 e. The Morgan fingerprint density at radius 3 is 2.28 bits per heavy atom. The fourth-order valence-electron chi connectivity index (χ4n) is 5.04. The van der Waals surface area contributed by atoms with E-state index in [-0.39, 0.29) is 29.6 Å². The van der Waals surface area contributed by atoms with Gasteiger partial charge in [-0.15, -0.1) is 0 Å². The summed E-state index contributed by atoms with van der Waals surface area (Å²) < 4.78 is 0. The molecule has 0 saturated heterocycles. The Hall–Kier alpha value is -2.34. The van der Waals surface area contributed by atoms with Gasteiger partial charge >= 0.3 is 5.97 Å². The lowest BCUT2D eigenvalue weighted by molar-refractivity contribution is -0.146. The third kappa shape index (κ3) is 4.04. The second kappa shape index (κ2) is 8.19. The molecule has 3 aliphatic carbocycles. The van der Waals surface area contributed by atoms with E-state index in [1.807, 2.05) is 12.2 Å². The topological polar surface area (TPSA) is 95.5 Å². The van der Waals surface area contributed by atoms with Crippen LogP contribution in [0, 0.1) is 29.6 Å². The molecule has 2 bridgehead atoms. The molecule has 0 spiro atoms. The highest BCUT2D eigenvalue weighted by Crippen LogP contribution is 2.48. The van der Waals surface area contributed by atoms with Gasteiger partial charge in [-0.05, 0) is 49.3 Å². The molecule has 3 N–H and O–H groups in total. The average Bonchev–Trinajstić information content (AvgIpc) is 3.32. The van der Waals surface area contributed by atoms with E-state index in [1.54, 1.807) is 18.2 Å². The van der Waals surface area contributed by atoms with Crippen LogP contribution in [0.5, 0.6) is 0 Å². The lowest BCUT2D eigenvalue weighted by atomic mass is 9.82. The van der Waals surface area contributed by atoms with Crippen LogP contribution >= 0.6 is 11.6 Å². The summed E-state index contributed by atoms with van der Waals surface area (Å²) in [7, 11) is 0. The highest BCUT2D eigenvalue weighted by atomic mass is 35.5. The summed E-state index contributed by atoms with van der Waals surface area (Å²) in [5.41, 5.74) is 1.01. The lowest BCUT2D eigenvalue weighted by Crippen LogP contribution is -2.36. The number of carboxylic acids is 1. The zero-order valence-corrected chi connectivity index (χ0v) is 16.8. The van der Waals surface area contributed by atoms with Crippen molar-refractivity contribution in [3.8, 4) is 0 Å². The Balaban J connectivity index is 1.41. The number of rotatable bonds is 5. The molecule has 0 radical (unpaired) electrons. The minimum atomic E-state index is -0.930. The molecule has 2 amide bonds. The Kier molecular flexibility index (Phi) is 5.63. The van der Waals surface area contributed by atoms with Crippen LogP contribution in [0.25, 0.3) is 0 Å². The summed E-state index contributed by atoms with van der Waals surface area (Å²) >= 11 is 6.33. The molecule has 4 atom stereocenters. The molecule has 6 nitrogen and oxygen atoms in total. The monoisotopic (exact) mass is 416 g/mol. The number of nitrogens with one attached hydrogen (secondary N) is 2. The predicted octanol–water partition coefficient (Wildman–Crippen LogP) is 4.32. The van der Waals surface area contributed by atoms with Crippen molar-refractivity contribution in [3.63, 3.8) is 0 Å². The maximum atomic E-state index is 12.8. The molecule has 4 rings (SSSR count). The van der Waals surface area contributed by atoms with Gasteiger partial charge in [0.25, 0.3) is 0 Å². The number of hydrogen-bond donors (Lipinski definition) is 3. The molecule has 7 heteroatoms. The van der Waals surface area contributed by atoms with Gasteiger partial charge < -0.3 is 15.7 Å². The van der Waals surface area contributed by atoms with Gasteiger partial charge in [0.2, 0.25) is 11.8 Å². The first-order valence-corrected chi connectivity index (χ1v) is 10.6. The molecule has 0 unspecified atom stereocenters. The number of carboxylic acid groups (broad SMARTS) is 1. The number of amides is 2. The molecule has 2 saturated carbocycles. The summed E-state index contributed by atoms with van der Waals surface area (Å²) in [6, 6.07) is 4.95. The lowest BCUT2D eigenvalue weighted by Gasteiger charge is -2.24. The molecule has 29 heavy (non-hydrogen) atoms. The Labute approximate surface area is 174 Å². The van der Waals surface area contributed by atoms with Crippen molar-refractivity contribution in [2.75, 3.05) is 10.6 Å². The van der Waals surface area contributed by atoms with E-state index >= 15 is 0 Å². The first-order chi connectivity index (χ1) is 13.9. The van der Waals surface area contributed by atoms with Crippen LogP contribution in [0.1, 0.15) is 38.5 Å². The zero-order valence-electron chi connectivity index (χ0n) is 16.1. The molecule has 154 valence electrons. The van der Waals surface area contributed by atoms with E-state index in [0.717, 1.165) is 25.7 Å². The number of fused-ring (bicyclic) bond motifs is 2. The van der Waals surface area contributed by atoms with Gasteiger partial charge in [0.05, 0.1) is 22.5 Å². The molecule has 3 aliphatic rings. The van der Waals surface area contributed by atoms with E-state index in [9.17, 15) is 19.5 Å². The summed E-state index contributed by atoms with van der Waals surface area (Å²) in [5.74, 6) is -2.59. The van der Waals surface area contributed by atoms with Gasteiger partial charge in [0.1, 0.15) is 0 Å². The average molecular weight is 417 g/mol. The number of benzene rings is 1. The van der Waals surface area contributed by atoms with Crippen molar-refractivity contribution in [2.45, 2.75) is 38.5 Å². The molecule has 0 aromatic heterocycles. The van der Waals surface area contributed by atoms with Crippen LogP contribution < -0.4 is 10.6 Å².